The third-order valence-electron chi connectivity index (χ3n) is 2.87. The largest absolute Gasteiger partial charge is 0.472 e. The van der Waals surface area contributed by atoms with E-state index >= 15 is 0 Å². The van der Waals surface area contributed by atoms with Gasteiger partial charge in [0.2, 0.25) is 11.8 Å². The molecule has 0 aliphatic carbocycles. The van der Waals surface area contributed by atoms with Gasteiger partial charge in [-0.2, -0.15) is 9.37 Å². The summed E-state index contributed by atoms with van der Waals surface area (Å²) in [7, 11) is 1.68. The first-order valence-electron chi connectivity index (χ1n) is 6.11. The van der Waals surface area contributed by atoms with E-state index in [0.717, 1.165) is 19.0 Å². The maximum absolute atomic E-state index is 13.5. The van der Waals surface area contributed by atoms with Crippen molar-refractivity contribution in [1.82, 2.24) is 9.97 Å². The molecule has 0 aromatic carbocycles. The van der Waals surface area contributed by atoms with E-state index in [0.29, 0.717) is 5.95 Å². The van der Waals surface area contributed by atoms with Crippen LogP contribution in [0.3, 0.4) is 0 Å². The predicted octanol–water partition coefficient (Wildman–Crippen LogP) is 1.99. The van der Waals surface area contributed by atoms with Crippen molar-refractivity contribution in [1.29, 1.82) is 0 Å². The molecule has 1 saturated heterocycles. The van der Waals surface area contributed by atoms with Crippen LogP contribution >= 0.6 is 0 Å². The van der Waals surface area contributed by atoms with Crippen LogP contribution in [0.4, 0.5) is 10.3 Å². The second-order valence-corrected chi connectivity index (χ2v) is 4.57. The van der Waals surface area contributed by atoms with Gasteiger partial charge in [0.05, 0.1) is 18.4 Å². The van der Waals surface area contributed by atoms with E-state index in [1.807, 2.05) is 13.8 Å². The minimum absolute atomic E-state index is 0.000602. The van der Waals surface area contributed by atoms with E-state index in [4.69, 9.17) is 9.47 Å². The van der Waals surface area contributed by atoms with E-state index < -0.39 is 5.82 Å². The molecule has 2 unspecified atom stereocenters. The number of anilines is 1. The summed E-state index contributed by atoms with van der Waals surface area (Å²) >= 11 is 0. The minimum Gasteiger partial charge on any atom is -0.472 e. The van der Waals surface area contributed by atoms with E-state index in [2.05, 4.69) is 15.3 Å². The van der Waals surface area contributed by atoms with E-state index in [9.17, 15) is 4.39 Å². The predicted molar refractivity (Wildman–Crippen MR) is 65.2 cm³/mol. The van der Waals surface area contributed by atoms with Crippen LogP contribution in [0.2, 0.25) is 0 Å². The van der Waals surface area contributed by atoms with Crippen molar-refractivity contribution in [2.45, 2.75) is 45.0 Å². The molecule has 0 spiro atoms. The van der Waals surface area contributed by atoms with Gasteiger partial charge in [0, 0.05) is 19.9 Å². The van der Waals surface area contributed by atoms with Gasteiger partial charge in [-0.15, -0.1) is 0 Å². The normalized spacial score (nSPS) is 27.9. The maximum atomic E-state index is 13.5. The zero-order valence-electron chi connectivity index (χ0n) is 10.8. The average Bonchev–Trinajstić information content (AvgIpc) is 2.30. The van der Waals surface area contributed by atoms with Crippen molar-refractivity contribution in [3.05, 3.63) is 12.0 Å². The topological polar surface area (TPSA) is 56.3 Å². The summed E-state index contributed by atoms with van der Waals surface area (Å²) in [5, 5.41) is 2.76. The zero-order valence-corrected chi connectivity index (χ0v) is 10.8. The monoisotopic (exact) mass is 255 g/mol. The van der Waals surface area contributed by atoms with Crippen molar-refractivity contribution in [2.24, 2.45) is 0 Å². The van der Waals surface area contributed by atoms with Crippen LogP contribution in [0.5, 0.6) is 5.88 Å². The SMILES string of the molecule is CNc1ncc(F)c(OC2CC(C)OC(C)C2)n1. The Bertz CT molecular complexity index is 406. The summed E-state index contributed by atoms with van der Waals surface area (Å²) in [5.41, 5.74) is 0. The average molecular weight is 255 g/mol. The standard InChI is InChI=1S/C12H18FN3O2/c1-7-4-9(5-8(2)17-7)18-11-10(13)6-15-12(14-3)16-11/h6-9H,4-5H2,1-3H3,(H,14,15,16). The van der Waals surface area contributed by atoms with Crippen molar-refractivity contribution in [3.63, 3.8) is 0 Å². The summed E-state index contributed by atoms with van der Waals surface area (Å²) in [4.78, 5) is 7.75. The molecule has 0 radical (unpaired) electrons. The molecule has 1 aromatic heterocycles. The number of hydrogen-bond acceptors (Lipinski definition) is 5. The van der Waals surface area contributed by atoms with Crippen LogP contribution in [0.25, 0.3) is 0 Å². The second-order valence-electron chi connectivity index (χ2n) is 4.57. The third-order valence-corrected chi connectivity index (χ3v) is 2.87. The van der Waals surface area contributed by atoms with Crippen LogP contribution in [-0.2, 0) is 4.74 Å². The van der Waals surface area contributed by atoms with Crippen molar-refractivity contribution in [2.75, 3.05) is 12.4 Å². The summed E-state index contributed by atoms with van der Waals surface area (Å²) in [6, 6.07) is 0. The summed E-state index contributed by atoms with van der Waals surface area (Å²) < 4.78 is 24.8. The highest BCUT2D eigenvalue weighted by Crippen LogP contribution is 2.24. The van der Waals surface area contributed by atoms with Gasteiger partial charge in [0.1, 0.15) is 6.10 Å². The molecular weight excluding hydrogens is 237 g/mol. The van der Waals surface area contributed by atoms with Gasteiger partial charge in [-0.1, -0.05) is 0 Å². The highest BCUT2D eigenvalue weighted by Gasteiger charge is 2.27. The lowest BCUT2D eigenvalue weighted by Crippen LogP contribution is -2.36. The highest BCUT2D eigenvalue weighted by molar-refractivity contribution is 5.27. The Morgan fingerprint density at radius 2 is 2.06 bits per heavy atom. The van der Waals surface area contributed by atoms with E-state index in [-0.39, 0.29) is 24.2 Å². The lowest BCUT2D eigenvalue weighted by Gasteiger charge is -2.31. The molecule has 5 nitrogen and oxygen atoms in total. The molecule has 6 heteroatoms. The van der Waals surface area contributed by atoms with Gasteiger partial charge in [-0.3, -0.25) is 0 Å². The molecule has 2 atom stereocenters. The zero-order chi connectivity index (χ0) is 13.1. The van der Waals surface area contributed by atoms with Crippen LogP contribution in [0.15, 0.2) is 6.20 Å². The Kier molecular flexibility index (Phi) is 3.96. The molecule has 1 aromatic rings. The summed E-state index contributed by atoms with van der Waals surface area (Å²) in [6.07, 6.45) is 2.75. The van der Waals surface area contributed by atoms with Gasteiger partial charge in [0.15, 0.2) is 0 Å². The fourth-order valence-electron chi connectivity index (χ4n) is 2.15. The number of aromatic nitrogens is 2. The number of ether oxygens (including phenoxy) is 2. The number of nitrogens with one attached hydrogen (secondary N) is 1. The number of hydrogen-bond donors (Lipinski definition) is 1. The molecule has 0 bridgehead atoms. The fraction of sp³-hybridized carbons (Fsp3) is 0.667. The van der Waals surface area contributed by atoms with Gasteiger partial charge < -0.3 is 14.8 Å². The molecule has 100 valence electrons. The molecule has 0 amide bonds. The van der Waals surface area contributed by atoms with Crippen molar-refractivity contribution in [3.8, 4) is 5.88 Å². The number of rotatable bonds is 3. The molecule has 1 fully saturated rings. The lowest BCUT2D eigenvalue weighted by atomic mass is 10.0. The Labute approximate surface area is 106 Å². The molecule has 0 saturated carbocycles. The Morgan fingerprint density at radius 3 is 2.67 bits per heavy atom. The Hall–Kier alpha value is -1.43. The number of halogens is 1. The molecular formula is C12H18FN3O2. The van der Waals surface area contributed by atoms with Crippen LogP contribution in [-0.4, -0.2) is 35.3 Å². The smallest absolute Gasteiger partial charge is 0.255 e. The van der Waals surface area contributed by atoms with Gasteiger partial charge >= 0.3 is 0 Å². The highest BCUT2D eigenvalue weighted by atomic mass is 19.1. The molecule has 1 aliphatic heterocycles. The molecule has 18 heavy (non-hydrogen) atoms. The molecule has 2 heterocycles. The van der Waals surface area contributed by atoms with Crippen molar-refractivity contribution < 1.29 is 13.9 Å². The van der Waals surface area contributed by atoms with Gasteiger partial charge in [-0.25, -0.2) is 4.98 Å². The van der Waals surface area contributed by atoms with Gasteiger partial charge in [-0.05, 0) is 13.8 Å². The number of nitrogens with zero attached hydrogens (tertiary/aromatic N) is 2. The molecule has 2 rings (SSSR count). The summed E-state index contributed by atoms with van der Waals surface area (Å²) in [6.45, 7) is 3.97. The quantitative estimate of drug-likeness (QED) is 0.895. The van der Waals surface area contributed by atoms with Crippen LogP contribution < -0.4 is 10.1 Å². The molecule has 1 aliphatic rings. The maximum Gasteiger partial charge on any atom is 0.255 e. The first-order valence-corrected chi connectivity index (χ1v) is 6.11. The minimum atomic E-state index is -0.541. The van der Waals surface area contributed by atoms with E-state index in [1.165, 1.54) is 0 Å². The Morgan fingerprint density at radius 1 is 1.39 bits per heavy atom. The lowest BCUT2D eigenvalue weighted by molar-refractivity contribution is -0.0736. The van der Waals surface area contributed by atoms with Gasteiger partial charge in [0.25, 0.3) is 5.88 Å². The Balaban J connectivity index is 2.08. The fourth-order valence-corrected chi connectivity index (χ4v) is 2.15. The second kappa shape index (κ2) is 5.48. The van der Waals surface area contributed by atoms with Crippen molar-refractivity contribution >= 4 is 5.95 Å². The third kappa shape index (κ3) is 3.07. The molecule has 1 N–H and O–H groups in total. The van der Waals surface area contributed by atoms with Crippen LogP contribution in [0.1, 0.15) is 26.7 Å². The van der Waals surface area contributed by atoms with E-state index in [1.54, 1.807) is 7.05 Å². The summed E-state index contributed by atoms with van der Waals surface area (Å²) in [5.74, 6) is -0.194. The first-order chi connectivity index (χ1) is 8.58. The first kappa shape index (κ1) is 13.0. The van der Waals surface area contributed by atoms with Crippen LogP contribution in [0, 0.1) is 5.82 Å².